The Morgan fingerprint density at radius 2 is 2.15 bits per heavy atom. The molecule has 0 radical (unpaired) electrons. The van der Waals surface area contributed by atoms with E-state index in [9.17, 15) is 18.3 Å². The maximum atomic E-state index is 13.0. The molecule has 8 nitrogen and oxygen atoms in total. The lowest BCUT2D eigenvalue weighted by Crippen LogP contribution is -2.22. The Labute approximate surface area is 150 Å². The van der Waals surface area contributed by atoms with Crippen LogP contribution < -0.4 is 5.32 Å². The van der Waals surface area contributed by atoms with Gasteiger partial charge in [-0.05, 0) is 29.3 Å². The van der Waals surface area contributed by atoms with E-state index in [1.807, 2.05) is 0 Å². The fraction of sp³-hybridized carbons (Fsp3) is 0.176. The van der Waals surface area contributed by atoms with Crippen molar-refractivity contribution in [3.63, 3.8) is 0 Å². The number of nitrogens with one attached hydrogen (secondary N) is 1. The number of nitrogens with zero attached hydrogens (tertiary/aromatic N) is 2. The minimum absolute atomic E-state index is 0.0405. The molecule has 0 aliphatic carbocycles. The molecule has 136 valence electrons. The van der Waals surface area contributed by atoms with Gasteiger partial charge in [-0.2, -0.15) is 0 Å². The van der Waals surface area contributed by atoms with Crippen LogP contribution in [-0.2, 0) is 27.9 Å². The number of aromatic nitrogens is 2. The Morgan fingerprint density at radius 1 is 1.35 bits per heavy atom. The summed E-state index contributed by atoms with van der Waals surface area (Å²) in [5.41, 5.74) is 1.58. The molecule has 0 aliphatic heterocycles. The van der Waals surface area contributed by atoms with Gasteiger partial charge in [-0.25, -0.2) is 17.2 Å². The molecule has 0 fully saturated rings. The van der Waals surface area contributed by atoms with Crippen LogP contribution in [0.2, 0.25) is 0 Å². The van der Waals surface area contributed by atoms with Crippen LogP contribution in [0.3, 0.4) is 0 Å². The van der Waals surface area contributed by atoms with Gasteiger partial charge in [0.2, 0.25) is 0 Å². The fourth-order valence-corrected chi connectivity index (χ4v) is 3.95. The molecule has 0 unspecified atom stereocenters. The molecule has 0 aliphatic rings. The lowest BCUT2D eigenvalue weighted by atomic mass is 10.1. The third-order valence-corrected chi connectivity index (χ3v) is 5.56. The van der Waals surface area contributed by atoms with Gasteiger partial charge in [0, 0.05) is 30.5 Å². The van der Waals surface area contributed by atoms with E-state index < -0.39 is 16.1 Å². The highest BCUT2D eigenvalue weighted by Crippen LogP contribution is 2.27. The first-order chi connectivity index (χ1) is 12.5. The maximum Gasteiger partial charge on any atom is 0.407 e. The number of carbonyl (C=O) groups is 1. The summed E-state index contributed by atoms with van der Waals surface area (Å²) in [5.74, 6) is 0. The minimum Gasteiger partial charge on any atom is -0.453 e. The summed E-state index contributed by atoms with van der Waals surface area (Å²) in [6.45, 7) is -0.124. The van der Waals surface area contributed by atoms with Gasteiger partial charge in [0.25, 0.3) is 10.0 Å². The molecule has 0 spiro atoms. The van der Waals surface area contributed by atoms with Crippen molar-refractivity contribution in [2.75, 3.05) is 7.11 Å². The van der Waals surface area contributed by atoms with Crippen LogP contribution in [0, 0.1) is 0 Å². The van der Waals surface area contributed by atoms with Gasteiger partial charge >= 0.3 is 6.09 Å². The Kier molecular flexibility index (Phi) is 4.92. The number of fused-ring (bicyclic) bond motifs is 1. The van der Waals surface area contributed by atoms with Gasteiger partial charge in [0.05, 0.1) is 19.2 Å². The van der Waals surface area contributed by atoms with Gasteiger partial charge < -0.3 is 15.2 Å². The monoisotopic (exact) mass is 375 g/mol. The maximum absolute atomic E-state index is 13.0. The number of benzene rings is 1. The first-order valence-electron chi connectivity index (χ1n) is 7.68. The highest BCUT2D eigenvalue weighted by Gasteiger charge is 2.22. The molecule has 0 atom stereocenters. The number of rotatable bonds is 5. The van der Waals surface area contributed by atoms with Gasteiger partial charge in [0.15, 0.2) is 0 Å². The summed E-state index contributed by atoms with van der Waals surface area (Å²) in [6.07, 6.45) is 3.59. The lowest BCUT2D eigenvalue weighted by Gasteiger charge is -2.07. The van der Waals surface area contributed by atoms with Gasteiger partial charge in [-0.15, -0.1) is 0 Å². The zero-order valence-corrected chi connectivity index (χ0v) is 14.7. The number of alkyl carbamates (subject to hydrolysis) is 1. The second kappa shape index (κ2) is 7.14. The summed E-state index contributed by atoms with van der Waals surface area (Å²) < 4.78 is 31.7. The molecule has 3 aromatic rings. The Bertz CT molecular complexity index is 1040. The van der Waals surface area contributed by atoms with Crippen LogP contribution in [0.25, 0.3) is 10.9 Å². The van der Waals surface area contributed by atoms with Crippen LogP contribution in [0.15, 0.2) is 53.8 Å². The van der Waals surface area contributed by atoms with E-state index in [0.29, 0.717) is 22.0 Å². The van der Waals surface area contributed by atoms with Crippen molar-refractivity contribution in [1.29, 1.82) is 0 Å². The molecule has 2 heterocycles. The fourth-order valence-electron chi connectivity index (χ4n) is 2.60. The lowest BCUT2D eigenvalue weighted by molar-refractivity contribution is 0.170. The molecule has 1 amide bonds. The van der Waals surface area contributed by atoms with E-state index >= 15 is 0 Å². The number of aliphatic hydroxyl groups is 1. The second-order valence-electron chi connectivity index (χ2n) is 5.50. The molecule has 2 aromatic heterocycles. The molecule has 2 N–H and O–H groups in total. The summed E-state index contributed by atoms with van der Waals surface area (Å²) in [4.78, 5) is 15.2. The first kappa shape index (κ1) is 17.9. The largest absolute Gasteiger partial charge is 0.453 e. The number of methoxy groups -OCH3 is 1. The molecule has 0 bridgehead atoms. The third kappa shape index (κ3) is 3.26. The predicted molar refractivity (Wildman–Crippen MR) is 93.9 cm³/mol. The number of carbonyl (C=O) groups excluding carboxylic acids is 1. The van der Waals surface area contributed by atoms with Crippen LogP contribution in [0.4, 0.5) is 4.79 Å². The van der Waals surface area contributed by atoms with Crippen molar-refractivity contribution in [3.8, 4) is 0 Å². The number of ether oxygens (including phenoxy) is 1. The van der Waals surface area contributed by atoms with Gasteiger partial charge in [-0.1, -0.05) is 12.1 Å². The average Bonchev–Trinajstić information content (AvgIpc) is 3.05. The van der Waals surface area contributed by atoms with Crippen LogP contribution in [0.5, 0.6) is 0 Å². The van der Waals surface area contributed by atoms with Crippen LogP contribution in [0.1, 0.15) is 11.1 Å². The summed E-state index contributed by atoms with van der Waals surface area (Å²) in [6, 6.07) is 8.01. The molecular weight excluding hydrogens is 358 g/mol. The van der Waals surface area contributed by atoms with Gasteiger partial charge in [-0.3, -0.25) is 4.98 Å². The molecule has 1 aromatic carbocycles. The second-order valence-corrected chi connectivity index (χ2v) is 7.31. The summed E-state index contributed by atoms with van der Waals surface area (Å²) in [5, 5.41) is 12.6. The zero-order valence-electron chi connectivity index (χ0n) is 13.9. The predicted octanol–water partition coefficient (Wildman–Crippen LogP) is 1.62. The molecular formula is C17H17N3O5S. The van der Waals surface area contributed by atoms with E-state index in [-0.39, 0.29) is 18.0 Å². The number of hydrogen-bond acceptors (Lipinski definition) is 6. The molecule has 26 heavy (non-hydrogen) atoms. The Balaban J connectivity index is 2.16. The Hall–Kier alpha value is -2.91. The van der Waals surface area contributed by atoms with E-state index in [1.165, 1.54) is 37.8 Å². The average molecular weight is 375 g/mol. The minimum atomic E-state index is -3.89. The molecule has 0 saturated carbocycles. The number of hydrogen-bond donors (Lipinski definition) is 2. The Morgan fingerprint density at radius 3 is 2.81 bits per heavy atom. The van der Waals surface area contributed by atoms with Gasteiger partial charge in [0.1, 0.15) is 4.90 Å². The zero-order chi connectivity index (χ0) is 18.7. The number of pyridine rings is 1. The standard InChI is InChI=1S/C17H17N3O5S/c1-25-17(22)19-8-13-10-20(16-7-12(11-21)4-5-15(13)16)26(23,24)14-3-2-6-18-9-14/h2-7,9-10,21H,8,11H2,1H3,(H,19,22). The number of amides is 1. The summed E-state index contributed by atoms with van der Waals surface area (Å²) >= 11 is 0. The first-order valence-corrected chi connectivity index (χ1v) is 9.12. The van der Waals surface area contributed by atoms with Crippen LogP contribution in [-0.4, -0.2) is 35.7 Å². The topological polar surface area (TPSA) is 111 Å². The van der Waals surface area contributed by atoms with Crippen molar-refractivity contribution in [1.82, 2.24) is 14.3 Å². The van der Waals surface area contributed by atoms with Crippen molar-refractivity contribution < 1.29 is 23.1 Å². The number of aliphatic hydroxyl groups excluding tert-OH is 1. The molecule has 0 saturated heterocycles. The van der Waals surface area contributed by atoms with Crippen molar-refractivity contribution in [3.05, 3.63) is 60.0 Å². The van der Waals surface area contributed by atoms with Crippen molar-refractivity contribution in [2.24, 2.45) is 0 Å². The highest BCUT2D eigenvalue weighted by atomic mass is 32.2. The molecule has 3 rings (SSSR count). The quantitative estimate of drug-likeness (QED) is 0.701. The van der Waals surface area contributed by atoms with E-state index in [0.717, 1.165) is 3.97 Å². The molecule has 9 heteroatoms. The normalized spacial score (nSPS) is 11.5. The van der Waals surface area contributed by atoms with E-state index in [1.54, 1.807) is 18.2 Å². The SMILES string of the molecule is COC(=O)NCc1cn(S(=O)(=O)c2cccnc2)c2cc(CO)ccc12. The van der Waals surface area contributed by atoms with E-state index in [4.69, 9.17) is 0 Å². The highest BCUT2D eigenvalue weighted by molar-refractivity contribution is 7.90. The third-order valence-electron chi connectivity index (χ3n) is 3.90. The summed E-state index contributed by atoms with van der Waals surface area (Å²) in [7, 11) is -2.64. The van der Waals surface area contributed by atoms with E-state index in [2.05, 4.69) is 15.0 Å². The van der Waals surface area contributed by atoms with Crippen LogP contribution >= 0.6 is 0 Å². The smallest absolute Gasteiger partial charge is 0.407 e. The van der Waals surface area contributed by atoms with Crippen molar-refractivity contribution in [2.45, 2.75) is 18.0 Å². The van der Waals surface area contributed by atoms with Crippen molar-refractivity contribution >= 4 is 27.0 Å².